The van der Waals surface area contributed by atoms with Crippen LogP contribution in [-0.2, 0) is 9.53 Å². The van der Waals surface area contributed by atoms with E-state index in [1.165, 1.54) is 5.56 Å². The summed E-state index contributed by atoms with van der Waals surface area (Å²) in [5, 5.41) is 0. The Morgan fingerprint density at radius 1 is 1.45 bits per heavy atom. The Morgan fingerprint density at radius 2 is 2.15 bits per heavy atom. The molecule has 0 aromatic heterocycles. The van der Waals surface area contributed by atoms with Crippen molar-refractivity contribution >= 4 is 5.91 Å². The number of nitrogens with zero attached hydrogens (tertiary/aromatic N) is 1. The highest BCUT2D eigenvalue weighted by molar-refractivity contribution is 5.83. The van der Waals surface area contributed by atoms with Crippen LogP contribution in [0.3, 0.4) is 0 Å². The van der Waals surface area contributed by atoms with Gasteiger partial charge >= 0.3 is 0 Å². The van der Waals surface area contributed by atoms with Crippen molar-refractivity contribution in [2.45, 2.75) is 25.8 Å². The van der Waals surface area contributed by atoms with E-state index in [0.29, 0.717) is 12.5 Å². The molecule has 1 fully saturated rings. The van der Waals surface area contributed by atoms with E-state index in [9.17, 15) is 4.79 Å². The molecule has 4 heteroatoms. The zero-order valence-corrected chi connectivity index (χ0v) is 12.3. The third-order valence-corrected chi connectivity index (χ3v) is 3.94. The lowest BCUT2D eigenvalue weighted by Gasteiger charge is -2.34. The summed E-state index contributed by atoms with van der Waals surface area (Å²) in [5.74, 6) is 0.456. The van der Waals surface area contributed by atoms with Crippen molar-refractivity contribution < 1.29 is 9.53 Å². The second-order valence-corrected chi connectivity index (χ2v) is 5.64. The molecule has 1 aliphatic rings. The summed E-state index contributed by atoms with van der Waals surface area (Å²) in [6.45, 7) is 4.30. The molecule has 0 spiro atoms. The molecule has 4 nitrogen and oxygen atoms in total. The van der Waals surface area contributed by atoms with Gasteiger partial charge in [0.1, 0.15) is 6.04 Å². The molecule has 1 saturated heterocycles. The predicted octanol–water partition coefficient (Wildman–Crippen LogP) is 1.88. The lowest BCUT2D eigenvalue weighted by Crippen LogP contribution is -2.45. The van der Waals surface area contributed by atoms with Crippen LogP contribution in [0.5, 0.6) is 0 Å². The number of hydrogen-bond donors (Lipinski definition) is 1. The maximum Gasteiger partial charge on any atom is 0.244 e. The highest BCUT2D eigenvalue weighted by Gasteiger charge is 2.27. The number of ether oxygens (including phenoxy) is 1. The summed E-state index contributed by atoms with van der Waals surface area (Å²) in [5.41, 5.74) is 8.17. The molecule has 2 atom stereocenters. The van der Waals surface area contributed by atoms with Crippen molar-refractivity contribution in [2.24, 2.45) is 11.7 Å². The summed E-state index contributed by atoms with van der Waals surface area (Å²) in [7, 11) is 1.71. The molecule has 0 radical (unpaired) electrons. The first kappa shape index (κ1) is 15.0. The molecule has 1 amide bonds. The first-order valence-electron chi connectivity index (χ1n) is 7.21. The smallest absolute Gasteiger partial charge is 0.244 e. The standard InChI is InChI=1S/C16H24N2O2/c1-12-5-7-14(8-6-12)15(17)16(19)18-9-3-4-13(10-18)11-20-2/h5-8,13,15H,3-4,9-11,17H2,1-2H3. The maximum atomic E-state index is 12.5. The van der Waals surface area contributed by atoms with Gasteiger partial charge < -0.3 is 15.4 Å². The molecule has 1 aromatic rings. The first-order valence-corrected chi connectivity index (χ1v) is 7.21. The van der Waals surface area contributed by atoms with Crippen LogP contribution in [-0.4, -0.2) is 37.6 Å². The van der Waals surface area contributed by atoms with Crippen LogP contribution in [0.25, 0.3) is 0 Å². The zero-order chi connectivity index (χ0) is 14.5. The molecule has 1 aromatic carbocycles. The normalized spacial score (nSPS) is 20.8. The number of amides is 1. The predicted molar refractivity (Wildman–Crippen MR) is 79.3 cm³/mol. The fraction of sp³-hybridized carbons (Fsp3) is 0.562. The number of rotatable bonds is 4. The quantitative estimate of drug-likeness (QED) is 0.913. The molecule has 0 aliphatic carbocycles. The van der Waals surface area contributed by atoms with Gasteiger partial charge in [-0.3, -0.25) is 4.79 Å². The first-order chi connectivity index (χ1) is 9.61. The molecular formula is C16H24N2O2. The summed E-state index contributed by atoms with van der Waals surface area (Å²) < 4.78 is 5.20. The van der Waals surface area contributed by atoms with E-state index < -0.39 is 6.04 Å². The Hall–Kier alpha value is -1.39. The molecule has 2 N–H and O–H groups in total. The lowest BCUT2D eigenvalue weighted by atomic mass is 9.97. The number of piperidine rings is 1. The van der Waals surface area contributed by atoms with E-state index >= 15 is 0 Å². The molecule has 2 unspecified atom stereocenters. The van der Waals surface area contributed by atoms with E-state index in [1.54, 1.807) is 7.11 Å². The zero-order valence-electron chi connectivity index (χ0n) is 12.3. The highest BCUT2D eigenvalue weighted by atomic mass is 16.5. The van der Waals surface area contributed by atoms with Crippen molar-refractivity contribution in [1.82, 2.24) is 4.90 Å². The van der Waals surface area contributed by atoms with Gasteiger partial charge in [-0.2, -0.15) is 0 Å². The van der Waals surface area contributed by atoms with E-state index in [1.807, 2.05) is 36.1 Å². The van der Waals surface area contributed by atoms with Crippen molar-refractivity contribution in [2.75, 3.05) is 26.8 Å². The maximum absolute atomic E-state index is 12.5. The number of nitrogens with two attached hydrogens (primary N) is 1. The van der Waals surface area contributed by atoms with Gasteiger partial charge in [-0.05, 0) is 31.2 Å². The van der Waals surface area contributed by atoms with Crippen LogP contribution < -0.4 is 5.73 Å². The summed E-state index contributed by atoms with van der Waals surface area (Å²) in [6, 6.07) is 7.30. The van der Waals surface area contributed by atoms with E-state index in [2.05, 4.69) is 0 Å². The summed E-state index contributed by atoms with van der Waals surface area (Å²) >= 11 is 0. The van der Waals surface area contributed by atoms with Crippen LogP contribution in [0.4, 0.5) is 0 Å². The third kappa shape index (κ3) is 3.58. The van der Waals surface area contributed by atoms with Crippen LogP contribution in [0.1, 0.15) is 30.0 Å². The van der Waals surface area contributed by atoms with Crippen molar-refractivity contribution in [3.63, 3.8) is 0 Å². The minimum Gasteiger partial charge on any atom is -0.384 e. The van der Waals surface area contributed by atoms with Gasteiger partial charge in [0.05, 0.1) is 6.61 Å². The number of methoxy groups -OCH3 is 1. The Bertz CT molecular complexity index is 442. The van der Waals surface area contributed by atoms with E-state index in [-0.39, 0.29) is 5.91 Å². The Labute approximate surface area is 120 Å². The van der Waals surface area contributed by atoms with Gasteiger partial charge in [-0.15, -0.1) is 0 Å². The molecule has 0 saturated carbocycles. The van der Waals surface area contributed by atoms with Gasteiger partial charge in [0, 0.05) is 20.2 Å². The molecule has 0 bridgehead atoms. The Morgan fingerprint density at radius 3 is 2.80 bits per heavy atom. The van der Waals surface area contributed by atoms with Gasteiger partial charge in [-0.1, -0.05) is 29.8 Å². The van der Waals surface area contributed by atoms with Crippen LogP contribution in [0.2, 0.25) is 0 Å². The van der Waals surface area contributed by atoms with Gasteiger partial charge in [0.15, 0.2) is 0 Å². The molecule has 20 heavy (non-hydrogen) atoms. The Balaban J connectivity index is 2.00. The van der Waals surface area contributed by atoms with E-state index in [4.69, 9.17) is 10.5 Å². The average molecular weight is 276 g/mol. The average Bonchev–Trinajstić information content (AvgIpc) is 2.47. The number of carbonyl (C=O) groups is 1. The fourth-order valence-corrected chi connectivity index (χ4v) is 2.75. The molecule has 110 valence electrons. The van der Waals surface area contributed by atoms with Crippen LogP contribution >= 0.6 is 0 Å². The lowest BCUT2D eigenvalue weighted by molar-refractivity contribution is -0.135. The number of hydrogen-bond acceptors (Lipinski definition) is 3. The van der Waals surface area contributed by atoms with Gasteiger partial charge in [-0.25, -0.2) is 0 Å². The minimum atomic E-state index is -0.558. The van der Waals surface area contributed by atoms with Gasteiger partial charge in [0.25, 0.3) is 0 Å². The second kappa shape index (κ2) is 6.86. The number of likely N-dealkylation sites (tertiary alicyclic amines) is 1. The SMILES string of the molecule is COCC1CCCN(C(=O)C(N)c2ccc(C)cc2)C1. The largest absolute Gasteiger partial charge is 0.384 e. The molecular weight excluding hydrogens is 252 g/mol. The highest BCUT2D eigenvalue weighted by Crippen LogP contribution is 2.21. The summed E-state index contributed by atoms with van der Waals surface area (Å²) in [4.78, 5) is 14.4. The topological polar surface area (TPSA) is 55.6 Å². The van der Waals surface area contributed by atoms with Gasteiger partial charge in [0.2, 0.25) is 5.91 Å². The summed E-state index contributed by atoms with van der Waals surface area (Å²) in [6.07, 6.45) is 2.15. The van der Waals surface area contributed by atoms with Crippen molar-refractivity contribution in [1.29, 1.82) is 0 Å². The fourth-order valence-electron chi connectivity index (χ4n) is 2.75. The van der Waals surface area contributed by atoms with Crippen molar-refractivity contribution in [3.8, 4) is 0 Å². The number of aryl methyl sites for hydroxylation is 1. The number of carbonyl (C=O) groups excluding carboxylic acids is 1. The second-order valence-electron chi connectivity index (χ2n) is 5.64. The monoisotopic (exact) mass is 276 g/mol. The van der Waals surface area contributed by atoms with Crippen LogP contribution in [0.15, 0.2) is 24.3 Å². The number of benzene rings is 1. The molecule has 2 rings (SSSR count). The molecule has 1 heterocycles. The van der Waals surface area contributed by atoms with Crippen LogP contribution in [0, 0.1) is 12.8 Å². The van der Waals surface area contributed by atoms with E-state index in [0.717, 1.165) is 31.5 Å². The van der Waals surface area contributed by atoms with Crippen molar-refractivity contribution in [3.05, 3.63) is 35.4 Å². The molecule has 1 aliphatic heterocycles. The third-order valence-electron chi connectivity index (χ3n) is 3.94. The Kier molecular flexibility index (Phi) is 5.15. The minimum absolute atomic E-state index is 0.0228.